The number of rotatable bonds is 2. The second-order valence-corrected chi connectivity index (χ2v) is 5.65. The third-order valence-corrected chi connectivity index (χ3v) is 3.90. The van der Waals surface area contributed by atoms with Crippen LogP contribution in [0.25, 0.3) is 0 Å². The predicted octanol–water partition coefficient (Wildman–Crippen LogP) is 0.854. The topological polar surface area (TPSA) is 89.9 Å². The summed E-state index contributed by atoms with van der Waals surface area (Å²) in [7, 11) is 0. The number of halogens is 1. The van der Waals surface area contributed by atoms with E-state index in [1.165, 1.54) is 0 Å². The van der Waals surface area contributed by atoms with Crippen molar-refractivity contribution in [1.29, 1.82) is 0 Å². The molecule has 0 saturated carbocycles. The third kappa shape index (κ3) is 2.74. The molecule has 6 nitrogen and oxygen atoms in total. The van der Waals surface area contributed by atoms with Gasteiger partial charge < -0.3 is 20.4 Å². The number of hydrogen-bond donors (Lipinski definition) is 3. The Hall–Kier alpha value is -1.31. The lowest BCUT2D eigenvalue weighted by atomic mass is 10.2. The fourth-order valence-electron chi connectivity index (χ4n) is 1.76. The number of β-amino-alcohol motifs (C(OH)–C–C–N with tert-alkyl or cyclic N) is 1. The number of hydrogen-bond acceptors (Lipinski definition) is 4. The van der Waals surface area contributed by atoms with Gasteiger partial charge in [0, 0.05) is 6.54 Å². The predicted molar refractivity (Wildman–Crippen MR) is 66.2 cm³/mol. The molecule has 3 N–H and O–H groups in total. The van der Waals surface area contributed by atoms with Crippen LogP contribution in [0.5, 0.6) is 0 Å². The lowest BCUT2D eigenvalue weighted by molar-refractivity contribution is 0.0892. The molecule has 2 heterocycles. The highest BCUT2D eigenvalue weighted by molar-refractivity contribution is 7.17. The molecule has 98 valence electrons. The van der Waals surface area contributed by atoms with Gasteiger partial charge in [-0.1, -0.05) is 11.6 Å². The summed E-state index contributed by atoms with van der Waals surface area (Å²) >= 11 is 6.85. The first-order valence-corrected chi connectivity index (χ1v) is 6.39. The van der Waals surface area contributed by atoms with Crippen LogP contribution in [0, 0.1) is 0 Å². The number of carboxylic acid groups (broad SMARTS) is 1. The average molecular weight is 291 g/mol. The van der Waals surface area contributed by atoms with Gasteiger partial charge in [-0.15, -0.1) is 11.3 Å². The number of thiophene rings is 1. The second kappa shape index (κ2) is 5.13. The lowest BCUT2D eigenvalue weighted by Gasteiger charge is -2.14. The molecule has 0 bridgehead atoms. The highest BCUT2D eigenvalue weighted by atomic mass is 35.5. The average Bonchev–Trinajstić information content (AvgIpc) is 2.86. The van der Waals surface area contributed by atoms with Crippen LogP contribution in [0.15, 0.2) is 12.1 Å². The molecule has 0 aliphatic carbocycles. The van der Waals surface area contributed by atoms with Gasteiger partial charge >= 0.3 is 6.09 Å². The fraction of sp³-hybridized carbons (Fsp3) is 0.400. The monoisotopic (exact) mass is 290 g/mol. The van der Waals surface area contributed by atoms with Crippen molar-refractivity contribution < 1.29 is 19.8 Å². The summed E-state index contributed by atoms with van der Waals surface area (Å²) in [5.41, 5.74) is 0. The Morgan fingerprint density at radius 3 is 2.67 bits per heavy atom. The van der Waals surface area contributed by atoms with Crippen LogP contribution in [0.3, 0.4) is 0 Å². The number of nitrogens with one attached hydrogen (secondary N) is 1. The number of aliphatic hydroxyl groups is 1. The van der Waals surface area contributed by atoms with Gasteiger partial charge in [-0.25, -0.2) is 4.79 Å². The Kier molecular flexibility index (Phi) is 3.74. The van der Waals surface area contributed by atoms with Crippen LogP contribution in [-0.4, -0.2) is 52.3 Å². The molecule has 1 saturated heterocycles. The van der Waals surface area contributed by atoms with E-state index < -0.39 is 18.2 Å². The van der Waals surface area contributed by atoms with Crippen LogP contribution >= 0.6 is 22.9 Å². The molecule has 1 aromatic heterocycles. The summed E-state index contributed by atoms with van der Waals surface area (Å²) in [5, 5.41) is 21.1. The van der Waals surface area contributed by atoms with Crippen molar-refractivity contribution in [3.05, 3.63) is 21.3 Å². The number of nitrogens with zero attached hydrogens (tertiary/aromatic N) is 1. The van der Waals surface area contributed by atoms with Crippen molar-refractivity contribution in [2.45, 2.75) is 12.1 Å². The first kappa shape index (κ1) is 13.1. The zero-order valence-electron chi connectivity index (χ0n) is 9.17. The summed E-state index contributed by atoms with van der Waals surface area (Å²) in [5.74, 6) is -0.358. The number of aliphatic hydroxyl groups excluding tert-OH is 1. The smallest absolute Gasteiger partial charge is 0.407 e. The lowest BCUT2D eigenvalue weighted by Crippen LogP contribution is -2.42. The van der Waals surface area contributed by atoms with E-state index in [1.807, 2.05) is 0 Å². The zero-order valence-corrected chi connectivity index (χ0v) is 10.7. The van der Waals surface area contributed by atoms with Crippen LogP contribution < -0.4 is 5.32 Å². The number of amides is 2. The molecule has 1 aliphatic heterocycles. The maximum absolute atomic E-state index is 11.8. The Morgan fingerprint density at radius 1 is 1.44 bits per heavy atom. The van der Waals surface area contributed by atoms with Gasteiger partial charge in [0.1, 0.15) is 0 Å². The van der Waals surface area contributed by atoms with Crippen LogP contribution in [0.1, 0.15) is 9.67 Å². The zero-order chi connectivity index (χ0) is 13.3. The minimum Gasteiger partial charge on any atom is -0.465 e. The minimum absolute atomic E-state index is 0.00543. The van der Waals surface area contributed by atoms with E-state index in [1.54, 1.807) is 12.1 Å². The molecular weight excluding hydrogens is 280 g/mol. The van der Waals surface area contributed by atoms with Gasteiger partial charge in [-0.3, -0.25) is 4.79 Å². The maximum Gasteiger partial charge on any atom is 0.407 e. The normalized spacial score (nSPS) is 23.1. The van der Waals surface area contributed by atoms with Crippen LogP contribution in [-0.2, 0) is 0 Å². The molecule has 1 fully saturated rings. The Morgan fingerprint density at radius 2 is 2.17 bits per heavy atom. The molecular formula is C10H11ClN2O4S. The fourth-order valence-corrected chi connectivity index (χ4v) is 2.71. The Bertz CT molecular complexity index is 478. The van der Waals surface area contributed by atoms with Gasteiger partial charge in [0.25, 0.3) is 5.91 Å². The number of likely N-dealkylation sites (tertiary alicyclic amines) is 1. The molecule has 8 heteroatoms. The second-order valence-electron chi connectivity index (χ2n) is 3.94. The highest BCUT2D eigenvalue weighted by Crippen LogP contribution is 2.21. The molecule has 1 aliphatic rings. The molecule has 0 aromatic carbocycles. The maximum atomic E-state index is 11.8. The Labute approximate surface area is 112 Å². The summed E-state index contributed by atoms with van der Waals surface area (Å²) in [6.07, 6.45) is -1.99. The highest BCUT2D eigenvalue weighted by Gasteiger charge is 2.35. The van der Waals surface area contributed by atoms with E-state index in [0.29, 0.717) is 9.21 Å². The van der Waals surface area contributed by atoms with Gasteiger partial charge in [0.15, 0.2) is 0 Å². The van der Waals surface area contributed by atoms with Gasteiger partial charge in [-0.2, -0.15) is 0 Å². The molecule has 18 heavy (non-hydrogen) atoms. The van der Waals surface area contributed by atoms with Crippen molar-refractivity contribution in [3.8, 4) is 0 Å². The number of carbonyl (C=O) groups is 2. The quantitative estimate of drug-likeness (QED) is 0.753. The van der Waals surface area contributed by atoms with Crippen molar-refractivity contribution in [2.24, 2.45) is 0 Å². The molecule has 0 unspecified atom stereocenters. The molecule has 2 atom stereocenters. The van der Waals surface area contributed by atoms with Crippen LogP contribution in [0.2, 0.25) is 4.34 Å². The summed E-state index contributed by atoms with van der Waals surface area (Å²) in [6.45, 7) is 0.0901. The van der Waals surface area contributed by atoms with Crippen molar-refractivity contribution >= 4 is 34.9 Å². The van der Waals surface area contributed by atoms with E-state index >= 15 is 0 Å². The molecule has 2 amide bonds. The van der Waals surface area contributed by atoms with Crippen molar-refractivity contribution in [2.75, 3.05) is 13.1 Å². The van der Waals surface area contributed by atoms with Gasteiger partial charge in [-0.05, 0) is 12.1 Å². The first-order chi connectivity index (χ1) is 8.47. The molecule has 1 aromatic rings. The summed E-state index contributed by atoms with van der Waals surface area (Å²) < 4.78 is 0.499. The Balaban J connectivity index is 1.98. The standard InChI is InChI=1S/C10H11ClN2O4S/c11-8-2-1-7(18-8)9(15)12-5-3-13(10(16)17)4-6(5)14/h1-2,5-6,14H,3-4H2,(H,12,15)(H,16,17)/t5-,6-/m0/s1. The minimum atomic E-state index is -1.11. The van der Waals surface area contributed by atoms with Gasteiger partial charge in [0.2, 0.25) is 0 Å². The molecule has 2 rings (SSSR count). The van der Waals surface area contributed by atoms with E-state index in [4.69, 9.17) is 16.7 Å². The third-order valence-electron chi connectivity index (χ3n) is 2.67. The van der Waals surface area contributed by atoms with E-state index in [0.717, 1.165) is 16.2 Å². The molecule has 0 radical (unpaired) electrons. The van der Waals surface area contributed by atoms with Gasteiger partial charge in [0.05, 0.1) is 27.9 Å². The SMILES string of the molecule is O=C(N[C@H]1CN(C(=O)O)C[C@@H]1O)c1ccc(Cl)s1. The molecule has 0 spiro atoms. The van der Waals surface area contributed by atoms with E-state index in [2.05, 4.69) is 5.32 Å². The van der Waals surface area contributed by atoms with Crippen molar-refractivity contribution in [1.82, 2.24) is 10.2 Å². The summed E-state index contributed by atoms with van der Waals surface area (Å²) in [6, 6.07) is 2.60. The van der Waals surface area contributed by atoms with E-state index in [-0.39, 0.29) is 19.0 Å². The number of carbonyl (C=O) groups excluding carboxylic acids is 1. The van der Waals surface area contributed by atoms with Crippen molar-refractivity contribution in [3.63, 3.8) is 0 Å². The van der Waals surface area contributed by atoms with E-state index in [9.17, 15) is 14.7 Å². The largest absolute Gasteiger partial charge is 0.465 e. The summed E-state index contributed by atoms with van der Waals surface area (Å²) in [4.78, 5) is 24.0. The first-order valence-electron chi connectivity index (χ1n) is 5.19. The van der Waals surface area contributed by atoms with Crippen LogP contribution in [0.4, 0.5) is 4.79 Å².